The van der Waals surface area contributed by atoms with Crippen molar-refractivity contribution in [2.75, 3.05) is 5.73 Å². The zero-order valence-electron chi connectivity index (χ0n) is 5.41. The summed E-state index contributed by atoms with van der Waals surface area (Å²) in [5, 5.41) is 8.53. The number of carboxylic acids is 1. The maximum Gasteiger partial charge on any atom is 0.339 e. The summed E-state index contributed by atoms with van der Waals surface area (Å²) in [7, 11) is 0. The number of anilines is 1. The van der Waals surface area contributed by atoms with E-state index in [-0.39, 0.29) is 11.4 Å². The molecule has 58 valence electrons. The summed E-state index contributed by atoms with van der Waals surface area (Å²) in [6.07, 6.45) is 0. The van der Waals surface area contributed by atoms with Gasteiger partial charge in [0.1, 0.15) is 15.1 Å². The van der Waals surface area contributed by atoms with E-state index in [4.69, 9.17) is 10.8 Å². The summed E-state index contributed by atoms with van der Waals surface area (Å²) >= 11 is 1.96. The smallest absolute Gasteiger partial charge is 0.339 e. The molecule has 0 fully saturated rings. The summed E-state index contributed by atoms with van der Waals surface area (Å²) in [4.78, 5) is 14.2. The lowest BCUT2D eigenvalue weighted by atomic mass is 10.3. The third-order valence-corrected chi connectivity index (χ3v) is 1.72. The molecular formula is C6H5IN2O2. The first-order valence-electron chi connectivity index (χ1n) is 2.76. The standard InChI is InChI=1S/C6H5IN2O2/c7-4-2-1-3(6(10)11)5(8)9-4/h1-2H,(H2,8,9)(H,10,11). The number of nitrogen functional groups attached to an aromatic ring is 1. The number of pyridine rings is 1. The molecule has 11 heavy (non-hydrogen) atoms. The highest BCUT2D eigenvalue weighted by atomic mass is 127. The Morgan fingerprint density at radius 1 is 1.64 bits per heavy atom. The van der Waals surface area contributed by atoms with Crippen molar-refractivity contribution < 1.29 is 9.90 Å². The average Bonchev–Trinajstić information content (AvgIpc) is 1.85. The van der Waals surface area contributed by atoms with E-state index in [9.17, 15) is 4.79 Å². The Morgan fingerprint density at radius 3 is 2.73 bits per heavy atom. The number of hydrogen-bond donors (Lipinski definition) is 2. The van der Waals surface area contributed by atoms with Crippen molar-refractivity contribution in [3.63, 3.8) is 0 Å². The maximum atomic E-state index is 10.4. The number of aromatic nitrogens is 1. The van der Waals surface area contributed by atoms with Crippen molar-refractivity contribution in [3.8, 4) is 0 Å². The Morgan fingerprint density at radius 2 is 2.27 bits per heavy atom. The number of nitrogens with two attached hydrogens (primary N) is 1. The highest BCUT2D eigenvalue weighted by Crippen LogP contribution is 2.10. The third-order valence-electron chi connectivity index (χ3n) is 1.12. The number of aromatic carboxylic acids is 1. The molecule has 0 aliphatic heterocycles. The second-order valence-electron chi connectivity index (χ2n) is 1.87. The van der Waals surface area contributed by atoms with Gasteiger partial charge < -0.3 is 10.8 Å². The van der Waals surface area contributed by atoms with Crippen LogP contribution < -0.4 is 5.73 Å². The molecule has 0 aromatic carbocycles. The Bertz CT molecular complexity index is 301. The minimum atomic E-state index is -1.05. The zero-order chi connectivity index (χ0) is 8.43. The Labute approximate surface area is 76.6 Å². The third kappa shape index (κ3) is 1.79. The summed E-state index contributed by atoms with van der Waals surface area (Å²) in [5.74, 6) is -0.990. The summed E-state index contributed by atoms with van der Waals surface area (Å²) < 4.78 is 0.685. The molecule has 5 heteroatoms. The molecule has 1 aromatic heterocycles. The van der Waals surface area contributed by atoms with Crippen LogP contribution in [0, 0.1) is 3.70 Å². The lowest BCUT2D eigenvalue weighted by Gasteiger charge is -1.98. The molecule has 0 spiro atoms. The number of carbonyl (C=O) groups is 1. The molecule has 1 aromatic rings. The van der Waals surface area contributed by atoms with E-state index in [1.54, 1.807) is 6.07 Å². The Kier molecular flexibility index (Phi) is 2.28. The molecule has 3 N–H and O–H groups in total. The van der Waals surface area contributed by atoms with E-state index < -0.39 is 5.97 Å². The van der Waals surface area contributed by atoms with Crippen LogP contribution in [0.15, 0.2) is 12.1 Å². The first kappa shape index (κ1) is 8.25. The van der Waals surface area contributed by atoms with Crippen LogP contribution in [0.1, 0.15) is 10.4 Å². The highest BCUT2D eigenvalue weighted by molar-refractivity contribution is 14.1. The van der Waals surface area contributed by atoms with Crippen LogP contribution in [0.2, 0.25) is 0 Å². The Balaban J connectivity index is 3.20. The first-order valence-corrected chi connectivity index (χ1v) is 3.84. The monoisotopic (exact) mass is 264 g/mol. The van der Waals surface area contributed by atoms with Gasteiger partial charge in [-0.15, -0.1) is 0 Å². The van der Waals surface area contributed by atoms with E-state index in [1.807, 2.05) is 22.6 Å². The maximum absolute atomic E-state index is 10.4. The second kappa shape index (κ2) is 3.04. The van der Waals surface area contributed by atoms with Crippen molar-refractivity contribution >= 4 is 34.4 Å². The number of nitrogens with zero attached hydrogens (tertiary/aromatic N) is 1. The number of rotatable bonds is 1. The lowest BCUT2D eigenvalue weighted by Crippen LogP contribution is -2.04. The summed E-state index contributed by atoms with van der Waals surface area (Å²) in [6.45, 7) is 0. The van der Waals surface area contributed by atoms with Gasteiger partial charge in [-0.05, 0) is 34.7 Å². The van der Waals surface area contributed by atoms with Crippen molar-refractivity contribution in [2.24, 2.45) is 0 Å². The average molecular weight is 264 g/mol. The predicted octanol–water partition coefficient (Wildman–Crippen LogP) is 0.967. The Hall–Kier alpha value is -0.850. The summed E-state index contributed by atoms with van der Waals surface area (Å²) in [5.41, 5.74) is 5.37. The zero-order valence-corrected chi connectivity index (χ0v) is 7.57. The molecule has 0 bridgehead atoms. The van der Waals surface area contributed by atoms with Gasteiger partial charge in [-0.25, -0.2) is 9.78 Å². The molecule has 1 rings (SSSR count). The molecule has 1 heterocycles. The topological polar surface area (TPSA) is 76.2 Å². The van der Waals surface area contributed by atoms with E-state index in [1.165, 1.54) is 6.07 Å². The van der Waals surface area contributed by atoms with Crippen LogP contribution in [0.4, 0.5) is 5.82 Å². The van der Waals surface area contributed by atoms with Crippen LogP contribution in [0.3, 0.4) is 0 Å². The highest BCUT2D eigenvalue weighted by Gasteiger charge is 2.07. The van der Waals surface area contributed by atoms with Gasteiger partial charge in [0.05, 0.1) is 0 Å². The van der Waals surface area contributed by atoms with Crippen LogP contribution in [-0.4, -0.2) is 16.1 Å². The first-order chi connectivity index (χ1) is 5.11. The minimum Gasteiger partial charge on any atom is -0.478 e. The van der Waals surface area contributed by atoms with Gasteiger partial charge in [-0.3, -0.25) is 0 Å². The van der Waals surface area contributed by atoms with Crippen LogP contribution >= 0.6 is 22.6 Å². The van der Waals surface area contributed by atoms with Gasteiger partial charge in [0.25, 0.3) is 0 Å². The van der Waals surface area contributed by atoms with E-state index in [0.29, 0.717) is 3.70 Å². The molecule has 0 unspecified atom stereocenters. The van der Waals surface area contributed by atoms with Crippen molar-refractivity contribution in [1.29, 1.82) is 0 Å². The minimum absolute atomic E-state index is 0.0467. The molecule has 0 aliphatic rings. The molecule has 0 saturated carbocycles. The lowest BCUT2D eigenvalue weighted by molar-refractivity contribution is 0.0697. The van der Waals surface area contributed by atoms with Crippen molar-refractivity contribution in [1.82, 2.24) is 4.98 Å². The van der Waals surface area contributed by atoms with Crippen LogP contribution in [0.5, 0.6) is 0 Å². The second-order valence-corrected chi connectivity index (χ2v) is 2.98. The van der Waals surface area contributed by atoms with Gasteiger partial charge in [0.2, 0.25) is 0 Å². The predicted molar refractivity (Wildman–Crippen MR) is 48.3 cm³/mol. The van der Waals surface area contributed by atoms with Crippen LogP contribution in [-0.2, 0) is 0 Å². The fourth-order valence-electron chi connectivity index (χ4n) is 0.631. The number of carboxylic acid groups (broad SMARTS) is 1. The molecule has 0 aliphatic carbocycles. The molecule has 4 nitrogen and oxygen atoms in total. The summed E-state index contributed by atoms with van der Waals surface area (Å²) in [6, 6.07) is 3.03. The van der Waals surface area contributed by atoms with Gasteiger partial charge >= 0.3 is 5.97 Å². The number of halogens is 1. The van der Waals surface area contributed by atoms with Gasteiger partial charge in [-0.1, -0.05) is 0 Å². The van der Waals surface area contributed by atoms with Crippen molar-refractivity contribution in [2.45, 2.75) is 0 Å². The van der Waals surface area contributed by atoms with Gasteiger partial charge in [-0.2, -0.15) is 0 Å². The van der Waals surface area contributed by atoms with Gasteiger partial charge in [0, 0.05) is 0 Å². The molecule has 0 radical (unpaired) electrons. The molecule has 0 amide bonds. The van der Waals surface area contributed by atoms with E-state index in [0.717, 1.165) is 0 Å². The largest absolute Gasteiger partial charge is 0.478 e. The fourth-order valence-corrected chi connectivity index (χ4v) is 1.07. The quantitative estimate of drug-likeness (QED) is 0.585. The molecular weight excluding hydrogens is 259 g/mol. The fraction of sp³-hybridized carbons (Fsp3) is 0. The molecule has 0 saturated heterocycles. The van der Waals surface area contributed by atoms with Gasteiger partial charge in [0.15, 0.2) is 0 Å². The van der Waals surface area contributed by atoms with Crippen LogP contribution in [0.25, 0.3) is 0 Å². The SMILES string of the molecule is Nc1nc(I)ccc1C(=O)O. The number of hydrogen-bond acceptors (Lipinski definition) is 3. The molecule has 0 atom stereocenters. The van der Waals surface area contributed by atoms with E-state index >= 15 is 0 Å². The van der Waals surface area contributed by atoms with E-state index in [2.05, 4.69) is 4.98 Å². The van der Waals surface area contributed by atoms with Crippen molar-refractivity contribution in [3.05, 3.63) is 21.4 Å². The normalized spacial score (nSPS) is 9.55.